The second kappa shape index (κ2) is 10.0. The van der Waals surface area contributed by atoms with Gasteiger partial charge in [-0.05, 0) is 30.0 Å². The van der Waals surface area contributed by atoms with Gasteiger partial charge in [-0.3, -0.25) is 0 Å². The SMILES string of the molecule is CCCCCCCOc1ncc(-c2cccc(C(O)CC)c2)cn1. The van der Waals surface area contributed by atoms with Crippen LogP contribution in [-0.4, -0.2) is 21.7 Å². The fourth-order valence-corrected chi connectivity index (χ4v) is 2.57. The average molecular weight is 328 g/mol. The van der Waals surface area contributed by atoms with Gasteiger partial charge in [-0.1, -0.05) is 57.7 Å². The Balaban J connectivity index is 1.90. The molecule has 1 aromatic carbocycles. The van der Waals surface area contributed by atoms with Gasteiger partial charge in [-0.15, -0.1) is 0 Å². The number of benzene rings is 1. The number of ether oxygens (including phenoxy) is 1. The lowest BCUT2D eigenvalue weighted by Gasteiger charge is -2.10. The van der Waals surface area contributed by atoms with Crippen molar-refractivity contribution in [1.29, 1.82) is 0 Å². The van der Waals surface area contributed by atoms with E-state index in [0.717, 1.165) is 23.1 Å². The number of rotatable bonds is 10. The molecule has 2 rings (SSSR count). The molecule has 0 aliphatic rings. The fraction of sp³-hybridized carbons (Fsp3) is 0.500. The van der Waals surface area contributed by atoms with Crippen molar-refractivity contribution >= 4 is 0 Å². The van der Waals surface area contributed by atoms with Gasteiger partial charge in [-0.25, -0.2) is 9.97 Å². The Labute approximate surface area is 144 Å². The molecule has 2 aromatic rings. The van der Waals surface area contributed by atoms with Gasteiger partial charge in [0.05, 0.1) is 12.7 Å². The van der Waals surface area contributed by atoms with Crippen LogP contribution >= 0.6 is 0 Å². The summed E-state index contributed by atoms with van der Waals surface area (Å²) in [6.07, 6.45) is 9.86. The Hall–Kier alpha value is -1.94. The predicted molar refractivity (Wildman–Crippen MR) is 97.0 cm³/mol. The summed E-state index contributed by atoms with van der Waals surface area (Å²) < 4.78 is 5.59. The van der Waals surface area contributed by atoms with Crippen LogP contribution in [0.3, 0.4) is 0 Å². The van der Waals surface area contributed by atoms with Crippen molar-refractivity contribution in [3.8, 4) is 17.1 Å². The zero-order valence-corrected chi connectivity index (χ0v) is 14.7. The molecule has 0 aliphatic carbocycles. The molecule has 1 heterocycles. The number of hydrogen-bond acceptors (Lipinski definition) is 4. The summed E-state index contributed by atoms with van der Waals surface area (Å²) in [5.41, 5.74) is 2.85. The van der Waals surface area contributed by atoms with E-state index in [1.54, 1.807) is 12.4 Å². The number of unbranched alkanes of at least 4 members (excludes halogenated alkanes) is 4. The molecule has 0 aliphatic heterocycles. The van der Waals surface area contributed by atoms with Crippen LogP contribution in [0.5, 0.6) is 6.01 Å². The molecule has 0 radical (unpaired) electrons. The quantitative estimate of drug-likeness (QED) is 0.628. The third-order valence-corrected chi connectivity index (χ3v) is 4.10. The maximum absolute atomic E-state index is 9.97. The lowest BCUT2D eigenvalue weighted by atomic mass is 10.0. The number of hydrogen-bond donors (Lipinski definition) is 1. The van der Waals surface area contributed by atoms with Gasteiger partial charge < -0.3 is 9.84 Å². The fourth-order valence-electron chi connectivity index (χ4n) is 2.57. The van der Waals surface area contributed by atoms with Gasteiger partial charge in [0.25, 0.3) is 0 Å². The first-order chi connectivity index (χ1) is 11.7. The molecule has 1 aromatic heterocycles. The second-order valence-electron chi connectivity index (χ2n) is 6.07. The molecule has 1 N–H and O–H groups in total. The molecular weight excluding hydrogens is 300 g/mol. The van der Waals surface area contributed by atoms with Crippen molar-refractivity contribution in [3.63, 3.8) is 0 Å². The summed E-state index contributed by atoms with van der Waals surface area (Å²) in [6.45, 7) is 4.85. The van der Waals surface area contributed by atoms with E-state index >= 15 is 0 Å². The highest BCUT2D eigenvalue weighted by atomic mass is 16.5. The summed E-state index contributed by atoms with van der Waals surface area (Å²) in [5, 5.41) is 9.97. The smallest absolute Gasteiger partial charge is 0.316 e. The van der Waals surface area contributed by atoms with Crippen LogP contribution in [0.15, 0.2) is 36.7 Å². The van der Waals surface area contributed by atoms with E-state index in [-0.39, 0.29) is 0 Å². The van der Waals surface area contributed by atoms with Gasteiger partial charge in [0, 0.05) is 18.0 Å². The van der Waals surface area contributed by atoms with Gasteiger partial charge in [0.15, 0.2) is 0 Å². The Kier molecular flexibility index (Phi) is 7.69. The third kappa shape index (κ3) is 5.60. The molecule has 0 saturated carbocycles. The third-order valence-electron chi connectivity index (χ3n) is 4.10. The minimum absolute atomic E-state index is 0.429. The molecular formula is C20H28N2O2. The zero-order chi connectivity index (χ0) is 17.2. The molecule has 0 amide bonds. The van der Waals surface area contributed by atoms with Crippen molar-refractivity contribution in [2.24, 2.45) is 0 Å². The molecule has 1 unspecified atom stereocenters. The highest BCUT2D eigenvalue weighted by Gasteiger charge is 2.07. The van der Waals surface area contributed by atoms with Crippen LogP contribution in [0.25, 0.3) is 11.1 Å². The van der Waals surface area contributed by atoms with Crippen molar-refractivity contribution < 1.29 is 9.84 Å². The largest absolute Gasteiger partial charge is 0.463 e. The van der Waals surface area contributed by atoms with E-state index in [4.69, 9.17) is 4.74 Å². The number of aromatic nitrogens is 2. The summed E-state index contributed by atoms with van der Waals surface area (Å²) in [7, 11) is 0. The Morgan fingerprint density at radius 1 is 1.00 bits per heavy atom. The maximum atomic E-state index is 9.97. The van der Waals surface area contributed by atoms with Crippen molar-refractivity contribution in [3.05, 3.63) is 42.2 Å². The van der Waals surface area contributed by atoms with Gasteiger partial charge in [-0.2, -0.15) is 0 Å². The topological polar surface area (TPSA) is 55.2 Å². The van der Waals surface area contributed by atoms with E-state index in [0.29, 0.717) is 19.0 Å². The second-order valence-corrected chi connectivity index (χ2v) is 6.07. The molecule has 4 nitrogen and oxygen atoms in total. The van der Waals surface area contributed by atoms with E-state index in [1.165, 1.54) is 25.7 Å². The van der Waals surface area contributed by atoms with Crippen LogP contribution in [0.2, 0.25) is 0 Å². The van der Waals surface area contributed by atoms with Crippen molar-refractivity contribution in [1.82, 2.24) is 9.97 Å². The zero-order valence-electron chi connectivity index (χ0n) is 14.7. The lowest BCUT2D eigenvalue weighted by Crippen LogP contribution is -2.01. The highest BCUT2D eigenvalue weighted by molar-refractivity contribution is 5.62. The van der Waals surface area contributed by atoms with Crippen LogP contribution in [-0.2, 0) is 0 Å². The molecule has 0 bridgehead atoms. The van der Waals surface area contributed by atoms with E-state index < -0.39 is 6.10 Å². The van der Waals surface area contributed by atoms with E-state index in [2.05, 4.69) is 16.9 Å². The summed E-state index contributed by atoms with van der Waals surface area (Å²) in [6, 6.07) is 8.30. The Morgan fingerprint density at radius 3 is 2.46 bits per heavy atom. The molecule has 0 fully saturated rings. The Bertz CT molecular complexity index is 599. The molecule has 0 spiro atoms. The van der Waals surface area contributed by atoms with Crippen LogP contribution < -0.4 is 4.74 Å². The van der Waals surface area contributed by atoms with Crippen molar-refractivity contribution in [2.45, 2.75) is 58.5 Å². The van der Waals surface area contributed by atoms with Crippen LogP contribution in [0.4, 0.5) is 0 Å². The summed E-state index contributed by atoms with van der Waals surface area (Å²) in [5.74, 6) is 0. The highest BCUT2D eigenvalue weighted by Crippen LogP contribution is 2.24. The van der Waals surface area contributed by atoms with Gasteiger partial charge in [0.1, 0.15) is 0 Å². The van der Waals surface area contributed by atoms with Crippen LogP contribution in [0.1, 0.15) is 64.0 Å². The van der Waals surface area contributed by atoms with Gasteiger partial charge in [0.2, 0.25) is 0 Å². The molecule has 0 saturated heterocycles. The first-order valence-corrected chi connectivity index (χ1v) is 8.97. The standard InChI is InChI=1S/C20H28N2O2/c1-3-5-6-7-8-12-24-20-21-14-18(15-22-20)16-10-9-11-17(13-16)19(23)4-2/h9-11,13-15,19,23H,3-8,12H2,1-2H3. The Morgan fingerprint density at radius 2 is 1.75 bits per heavy atom. The molecule has 1 atom stereocenters. The average Bonchev–Trinajstić information content (AvgIpc) is 2.64. The number of nitrogens with zero attached hydrogens (tertiary/aromatic N) is 2. The predicted octanol–water partition coefficient (Wildman–Crippen LogP) is 4.94. The molecule has 4 heteroatoms. The molecule has 130 valence electrons. The van der Waals surface area contributed by atoms with Gasteiger partial charge >= 0.3 is 6.01 Å². The normalized spacial score (nSPS) is 12.1. The number of aliphatic hydroxyl groups is 1. The van der Waals surface area contributed by atoms with E-state index in [9.17, 15) is 5.11 Å². The monoisotopic (exact) mass is 328 g/mol. The van der Waals surface area contributed by atoms with Crippen LogP contribution in [0, 0.1) is 0 Å². The number of aliphatic hydroxyl groups excluding tert-OH is 1. The minimum Gasteiger partial charge on any atom is -0.463 e. The first-order valence-electron chi connectivity index (χ1n) is 8.97. The first kappa shape index (κ1) is 18.4. The minimum atomic E-state index is -0.429. The van der Waals surface area contributed by atoms with Crippen molar-refractivity contribution in [2.75, 3.05) is 6.61 Å². The maximum Gasteiger partial charge on any atom is 0.316 e. The van der Waals surface area contributed by atoms with E-state index in [1.807, 2.05) is 31.2 Å². The lowest BCUT2D eigenvalue weighted by molar-refractivity contribution is 0.174. The summed E-state index contributed by atoms with van der Waals surface area (Å²) >= 11 is 0. The molecule has 24 heavy (non-hydrogen) atoms. The summed E-state index contributed by atoms with van der Waals surface area (Å²) in [4.78, 5) is 8.58.